The summed E-state index contributed by atoms with van der Waals surface area (Å²) in [7, 11) is 3.16. The van der Waals surface area contributed by atoms with Crippen LogP contribution in [-0.4, -0.2) is 134 Å². The molecule has 3 aromatic rings. The first-order valence-corrected chi connectivity index (χ1v) is 20.5. The number of esters is 1. The van der Waals surface area contributed by atoms with E-state index in [-0.39, 0.29) is 43.8 Å². The van der Waals surface area contributed by atoms with Gasteiger partial charge in [-0.25, -0.2) is 13.6 Å². The van der Waals surface area contributed by atoms with Crippen LogP contribution in [0.15, 0.2) is 48.7 Å². The van der Waals surface area contributed by atoms with Crippen LogP contribution in [0.2, 0.25) is 0 Å². The van der Waals surface area contributed by atoms with Crippen LogP contribution in [0.1, 0.15) is 58.1 Å². The van der Waals surface area contributed by atoms with Gasteiger partial charge in [-0.05, 0) is 86.7 Å². The number of carbonyl (C=O) groups is 7. The lowest BCUT2D eigenvalue weighted by Crippen LogP contribution is -2.63. The number of aliphatic hydroxyl groups is 1. The molecular formula is C43H53F2N7O9. The number of carbonyl (C=O) groups excluding carboxylic acids is 7. The Bertz CT molecular complexity index is 2190. The maximum absolute atomic E-state index is 14.7. The first kappa shape index (κ1) is 44.6. The summed E-state index contributed by atoms with van der Waals surface area (Å²) in [6, 6.07) is 1.91. The van der Waals surface area contributed by atoms with Crippen LogP contribution in [-0.2, 0) is 58.2 Å². The Balaban J connectivity index is 1.34. The normalized spacial score (nSPS) is 26.4. The number of likely N-dealkylation sites (N-methyl/N-ethyl adjacent to an activating group) is 1. The molecule has 0 bridgehead atoms. The zero-order valence-corrected chi connectivity index (χ0v) is 35.0. The summed E-state index contributed by atoms with van der Waals surface area (Å²) in [5.41, 5.74) is 1.50. The molecule has 4 N–H and O–H groups in total. The number of halogens is 2. The third-order valence-electron chi connectivity index (χ3n) is 11.8. The molecule has 6 rings (SSSR count). The number of hydrogen-bond donors (Lipinski definition) is 4. The van der Waals surface area contributed by atoms with Gasteiger partial charge in [0.2, 0.25) is 35.4 Å². The zero-order valence-electron chi connectivity index (χ0n) is 35.0. The van der Waals surface area contributed by atoms with E-state index >= 15 is 0 Å². The average Bonchev–Trinajstić information content (AvgIpc) is 3.93. The molecule has 0 saturated carbocycles. The number of aliphatic hydroxyl groups excluding tert-OH is 1. The minimum Gasteiger partial charge on any atom is -0.458 e. The first-order valence-electron chi connectivity index (χ1n) is 20.5. The second-order valence-corrected chi connectivity index (χ2v) is 16.6. The van der Waals surface area contributed by atoms with Gasteiger partial charge in [-0.1, -0.05) is 19.1 Å². The van der Waals surface area contributed by atoms with Gasteiger partial charge in [-0.2, -0.15) is 0 Å². The van der Waals surface area contributed by atoms with Gasteiger partial charge >= 0.3 is 5.97 Å². The second kappa shape index (κ2) is 18.4. The molecule has 4 heterocycles. The molecular weight excluding hydrogens is 797 g/mol. The van der Waals surface area contributed by atoms with Gasteiger partial charge in [0.15, 0.2) is 0 Å². The van der Waals surface area contributed by atoms with E-state index < -0.39 is 108 Å². The predicted octanol–water partition coefficient (Wildman–Crippen LogP) is 1.10. The lowest BCUT2D eigenvalue weighted by atomic mass is 10.0. The summed E-state index contributed by atoms with van der Waals surface area (Å²) in [6.45, 7) is 6.11. The maximum Gasteiger partial charge on any atom is 0.329 e. The number of nitrogens with one attached hydrogen (secondary N) is 3. The maximum atomic E-state index is 14.7. The number of nitrogens with zero attached hydrogens (tertiary/aromatic N) is 4. The fourth-order valence-electron chi connectivity index (χ4n) is 8.66. The zero-order chi connectivity index (χ0) is 44.4. The molecule has 3 aliphatic heterocycles. The van der Waals surface area contributed by atoms with Crippen molar-refractivity contribution in [3.05, 3.63) is 71.4 Å². The van der Waals surface area contributed by atoms with E-state index in [1.165, 1.54) is 37.6 Å². The molecule has 61 heavy (non-hydrogen) atoms. The largest absolute Gasteiger partial charge is 0.458 e. The molecule has 16 nitrogen and oxygen atoms in total. The van der Waals surface area contributed by atoms with Crippen LogP contribution in [0, 0.1) is 17.6 Å². The third kappa shape index (κ3) is 9.85. The van der Waals surface area contributed by atoms with Crippen LogP contribution in [0.3, 0.4) is 0 Å². The van der Waals surface area contributed by atoms with E-state index in [0.717, 1.165) is 27.9 Å². The van der Waals surface area contributed by atoms with E-state index in [0.29, 0.717) is 18.1 Å². The lowest BCUT2D eigenvalue weighted by Gasteiger charge is -2.37. The fraction of sp³-hybridized carbons (Fsp3) is 0.512. The molecule has 0 aliphatic carbocycles. The molecule has 3 saturated heterocycles. The summed E-state index contributed by atoms with van der Waals surface area (Å²) >= 11 is 0. The van der Waals surface area contributed by atoms with Crippen molar-refractivity contribution < 1.29 is 52.2 Å². The molecule has 9 atom stereocenters. The number of ether oxygens (including phenoxy) is 1. The number of aryl methyl sites for hydroxylation is 1. The van der Waals surface area contributed by atoms with Gasteiger partial charge in [0.25, 0.3) is 0 Å². The molecule has 3 fully saturated rings. The molecule has 0 unspecified atom stereocenters. The van der Waals surface area contributed by atoms with Crippen molar-refractivity contribution in [1.82, 2.24) is 35.2 Å². The van der Waals surface area contributed by atoms with Crippen molar-refractivity contribution in [1.29, 1.82) is 0 Å². The van der Waals surface area contributed by atoms with Gasteiger partial charge in [-0.15, -0.1) is 0 Å². The Morgan fingerprint density at radius 2 is 1.62 bits per heavy atom. The number of rotatable bonds is 8. The topological polar surface area (TPSA) is 200 Å². The number of benzene rings is 2. The average molecular weight is 850 g/mol. The quantitative estimate of drug-likeness (QED) is 0.240. The minimum atomic E-state index is -1.68. The highest BCUT2D eigenvalue weighted by molar-refractivity contribution is 5.98. The van der Waals surface area contributed by atoms with Gasteiger partial charge in [0.1, 0.15) is 54.0 Å². The summed E-state index contributed by atoms with van der Waals surface area (Å²) < 4.78 is 36.6. The highest BCUT2D eigenvalue weighted by atomic mass is 19.1. The molecule has 3 aliphatic rings. The van der Waals surface area contributed by atoms with Crippen molar-refractivity contribution in [3.8, 4) is 0 Å². The van der Waals surface area contributed by atoms with E-state index in [1.807, 2.05) is 42.9 Å². The molecule has 0 radical (unpaired) electrons. The first-order chi connectivity index (χ1) is 28.8. The third-order valence-corrected chi connectivity index (χ3v) is 11.8. The molecule has 1 aromatic heterocycles. The van der Waals surface area contributed by atoms with Crippen molar-refractivity contribution in [3.63, 3.8) is 0 Å². The van der Waals surface area contributed by atoms with Crippen molar-refractivity contribution in [2.75, 3.05) is 20.1 Å². The van der Waals surface area contributed by atoms with Gasteiger partial charge in [0.05, 0.1) is 12.5 Å². The van der Waals surface area contributed by atoms with Crippen LogP contribution in [0.4, 0.5) is 8.78 Å². The Morgan fingerprint density at radius 1 is 0.918 bits per heavy atom. The summed E-state index contributed by atoms with van der Waals surface area (Å²) in [5, 5.41) is 19.5. The number of fused-ring (bicyclic) bond motifs is 3. The number of hydrogen-bond acceptors (Lipinski definition) is 9. The van der Waals surface area contributed by atoms with Crippen LogP contribution >= 0.6 is 0 Å². The Labute approximate surface area is 351 Å². The fourth-order valence-corrected chi connectivity index (χ4v) is 8.66. The van der Waals surface area contributed by atoms with E-state index in [1.54, 1.807) is 6.07 Å². The number of cyclic esters (lactones) is 1. The SMILES string of the molecule is C[C@@H]1C[C@H]2C(=O)O[C@@H](C)[C@H](NC(=O)[C@H](Cc3cc(F)cc(F)c3)NC(=O)Cc3ccc4ccn(C)c4c3)C(=O)N3CCC[C@H]3C(=O)N(C)[C@@H]([C@H](C)O)C(=O)N[C@@H](C)C(=O)N2C1. The van der Waals surface area contributed by atoms with E-state index in [4.69, 9.17) is 4.74 Å². The second-order valence-electron chi connectivity index (χ2n) is 16.6. The van der Waals surface area contributed by atoms with E-state index in [9.17, 15) is 47.4 Å². The molecule has 328 valence electrons. The summed E-state index contributed by atoms with van der Waals surface area (Å²) in [6.07, 6.45) is -0.846. The predicted molar refractivity (Wildman–Crippen MR) is 216 cm³/mol. The summed E-state index contributed by atoms with van der Waals surface area (Å²) in [4.78, 5) is 102. The smallest absolute Gasteiger partial charge is 0.329 e. The van der Waals surface area contributed by atoms with Crippen LogP contribution in [0.5, 0.6) is 0 Å². The standard InChI is InChI=1S/C43H53F2N7O9/c1-22-14-34-43(60)61-25(4)36(42(59)51-12-7-8-32(51)41(58)50(6)37(24(3)53)39(56)46-23(2)40(57)52(34)21-22)48-38(55)31(17-27-15-29(44)20-30(45)16-27)47-35(54)19-26-9-10-28-11-13-49(5)33(28)18-26/h9-11,13,15-16,18,20,22-25,31-32,34,36-37,53H,7-8,12,14,17,19,21H2,1-6H3,(H,46,56)(H,47,54)(H,48,55)/t22-,23+,24+,25+,31+,32+,34+,36+,37+/m1/s1. The van der Waals surface area contributed by atoms with Crippen LogP contribution < -0.4 is 16.0 Å². The molecule has 0 spiro atoms. The lowest BCUT2D eigenvalue weighted by molar-refractivity contribution is -0.163. The number of amides is 6. The van der Waals surface area contributed by atoms with E-state index in [2.05, 4.69) is 16.0 Å². The van der Waals surface area contributed by atoms with Crippen LogP contribution in [0.25, 0.3) is 10.9 Å². The summed E-state index contributed by atoms with van der Waals surface area (Å²) in [5.74, 6) is -7.43. The van der Waals surface area contributed by atoms with Gasteiger partial charge in [0, 0.05) is 51.4 Å². The molecule has 18 heteroatoms. The highest BCUT2D eigenvalue weighted by Gasteiger charge is 2.47. The Kier molecular flexibility index (Phi) is 13.4. The van der Waals surface area contributed by atoms with Crippen molar-refractivity contribution in [2.45, 2.75) is 108 Å². The number of aromatic nitrogens is 1. The van der Waals surface area contributed by atoms with Crippen molar-refractivity contribution >= 4 is 52.3 Å². The van der Waals surface area contributed by atoms with Gasteiger partial charge in [-0.3, -0.25) is 28.8 Å². The van der Waals surface area contributed by atoms with Gasteiger partial charge < -0.3 is 45.1 Å². The Morgan fingerprint density at radius 3 is 2.31 bits per heavy atom. The molecule has 6 amide bonds. The Hall–Kier alpha value is -5.91. The minimum absolute atomic E-state index is 0.0197. The van der Waals surface area contributed by atoms with Crippen molar-refractivity contribution in [2.24, 2.45) is 13.0 Å². The monoisotopic (exact) mass is 849 g/mol. The highest BCUT2D eigenvalue weighted by Crippen LogP contribution is 2.28. The molecule has 2 aromatic carbocycles.